The Morgan fingerprint density at radius 3 is 3.07 bits per heavy atom. The molecule has 84 valence electrons. The van der Waals surface area contributed by atoms with E-state index in [0.29, 0.717) is 5.88 Å². The summed E-state index contributed by atoms with van der Waals surface area (Å²) in [7, 11) is 0. The highest BCUT2D eigenvalue weighted by molar-refractivity contribution is 7.16. The second-order valence-electron chi connectivity index (χ2n) is 3.59. The maximum Gasteiger partial charge on any atom is 0.0931 e. The zero-order valence-corrected chi connectivity index (χ0v) is 10.6. The van der Waals surface area contributed by atoms with Gasteiger partial charge in [-0.1, -0.05) is 11.6 Å². The molecule has 1 aliphatic heterocycles. The third-order valence-electron chi connectivity index (χ3n) is 2.40. The number of ether oxygens (including phenoxy) is 1. The van der Waals surface area contributed by atoms with Crippen molar-refractivity contribution >= 4 is 34.5 Å². The second kappa shape index (κ2) is 5.51. The molecule has 0 aromatic carbocycles. The molecule has 0 bridgehead atoms. The van der Waals surface area contributed by atoms with E-state index in [4.69, 9.17) is 27.9 Å². The average molecular weight is 266 g/mol. The molecule has 1 unspecified atom stereocenters. The van der Waals surface area contributed by atoms with Crippen LogP contribution in [0, 0.1) is 0 Å². The number of halogens is 2. The summed E-state index contributed by atoms with van der Waals surface area (Å²) in [5.74, 6) is 0.571. The van der Waals surface area contributed by atoms with Crippen molar-refractivity contribution in [3.63, 3.8) is 0 Å². The van der Waals surface area contributed by atoms with Crippen molar-refractivity contribution in [1.82, 2.24) is 4.90 Å². The highest BCUT2D eigenvalue weighted by atomic mass is 35.5. The van der Waals surface area contributed by atoms with Gasteiger partial charge in [0.15, 0.2) is 0 Å². The van der Waals surface area contributed by atoms with Crippen molar-refractivity contribution < 1.29 is 4.74 Å². The molecule has 0 aliphatic carbocycles. The molecule has 0 N–H and O–H groups in total. The summed E-state index contributed by atoms with van der Waals surface area (Å²) in [5.41, 5.74) is 0. The summed E-state index contributed by atoms with van der Waals surface area (Å²) >= 11 is 13.3. The molecular weight excluding hydrogens is 253 g/mol. The fraction of sp³-hybridized carbons (Fsp3) is 0.600. The third kappa shape index (κ3) is 3.33. The third-order valence-corrected chi connectivity index (χ3v) is 3.96. The number of hydrogen-bond acceptors (Lipinski definition) is 3. The van der Waals surface area contributed by atoms with Crippen LogP contribution in [0.3, 0.4) is 0 Å². The maximum absolute atomic E-state index is 5.89. The lowest BCUT2D eigenvalue weighted by atomic mass is 10.3. The zero-order chi connectivity index (χ0) is 10.7. The van der Waals surface area contributed by atoms with Gasteiger partial charge in [0.05, 0.1) is 17.0 Å². The van der Waals surface area contributed by atoms with E-state index in [-0.39, 0.29) is 6.10 Å². The molecule has 5 heteroatoms. The SMILES string of the molecule is ClCC1CN(Cc2ccc(Cl)s2)CCO1. The van der Waals surface area contributed by atoms with Gasteiger partial charge in [-0.3, -0.25) is 4.90 Å². The van der Waals surface area contributed by atoms with Gasteiger partial charge in [-0.25, -0.2) is 0 Å². The van der Waals surface area contributed by atoms with Gasteiger partial charge in [-0.2, -0.15) is 0 Å². The Morgan fingerprint density at radius 2 is 2.40 bits per heavy atom. The van der Waals surface area contributed by atoms with Gasteiger partial charge >= 0.3 is 0 Å². The predicted octanol–water partition coefficient (Wildman–Crippen LogP) is 2.84. The van der Waals surface area contributed by atoms with E-state index in [1.807, 2.05) is 6.07 Å². The molecule has 0 saturated carbocycles. The minimum Gasteiger partial charge on any atom is -0.374 e. The Balaban J connectivity index is 1.88. The van der Waals surface area contributed by atoms with E-state index in [1.54, 1.807) is 11.3 Å². The summed E-state index contributed by atoms with van der Waals surface area (Å²) in [4.78, 5) is 3.66. The lowest BCUT2D eigenvalue weighted by Crippen LogP contribution is -2.42. The van der Waals surface area contributed by atoms with Gasteiger partial charge in [0.25, 0.3) is 0 Å². The van der Waals surface area contributed by atoms with E-state index < -0.39 is 0 Å². The summed E-state index contributed by atoms with van der Waals surface area (Å²) in [6.45, 7) is 3.62. The minimum absolute atomic E-state index is 0.177. The van der Waals surface area contributed by atoms with Crippen LogP contribution in [0.15, 0.2) is 12.1 Å². The summed E-state index contributed by atoms with van der Waals surface area (Å²) in [6.07, 6.45) is 0.177. The fourth-order valence-corrected chi connectivity index (χ4v) is 2.99. The number of alkyl halides is 1. The maximum atomic E-state index is 5.89. The quantitative estimate of drug-likeness (QED) is 0.780. The van der Waals surface area contributed by atoms with Crippen LogP contribution in [0.5, 0.6) is 0 Å². The first kappa shape index (κ1) is 11.7. The van der Waals surface area contributed by atoms with E-state index in [1.165, 1.54) is 4.88 Å². The normalized spacial score (nSPS) is 23.2. The standard InChI is InChI=1S/C10H13Cl2NOS/c11-5-8-6-13(3-4-14-8)7-9-1-2-10(12)15-9/h1-2,8H,3-7H2. The van der Waals surface area contributed by atoms with Gasteiger partial charge in [0.1, 0.15) is 0 Å². The van der Waals surface area contributed by atoms with Gasteiger partial charge in [0.2, 0.25) is 0 Å². The van der Waals surface area contributed by atoms with Crippen LogP contribution >= 0.6 is 34.5 Å². The van der Waals surface area contributed by atoms with Crippen LogP contribution in [0.2, 0.25) is 4.34 Å². The summed E-state index contributed by atoms with van der Waals surface area (Å²) < 4.78 is 6.36. The van der Waals surface area contributed by atoms with Crippen LogP contribution in [-0.2, 0) is 11.3 Å². The molecule has 1 fully saturated rings. The Morgan fingerprint density at radius 1 is 1.53 bits per heavy atom. The molecular formula is C10H13Cl2NOS. The minimum atomic E-state index is 0.177. The Bertz CT molecular complexity index is 318. The van der Waals surface area contributed by atoms with Gasteiger partial charge in [-0.15, -0.1) is 22.9 Å². The number of hydrogen-bond donors (Lipinski definition) is 0. The van der Waals surface area contributed by atoms with Gasteiger partial charge in [0, 0.05) is 30.4 Å². The largest absolute Gasteiger partial charge is 0.374 e. The first-order valence-electron chi connectivity index (χ1n) is 4.92. The highest BCUT2D eigenvalue weighted by Gasteiger charge is 2.19. The van der Waals surface area contributed by atoms with Crippen molar-refractivity contribution in [2.75, 3.05) is 25.6 Å². The van der Waals surface area contributed by atoms with Crippen molar-refractivity contribution in [1.29, 1.82) is 0 Å². The van der Waals surface area contributed by atoms with Crippen LogP contribution in [0.1, 0.15) is 4.88 Å². The van der Waals surface area contributed by atoms with Crippen molar-refractivity contribution in [3.05, 3.63) is 21.3 Å². The number of nitrogens with zero attached hydrogens (tertiary/aromatic N) is 1. The number of rotatable bonds is 3. The van der Waals surface area contributed by atoms with Gasteiger partial charge < -0.3 is 4.74 Å². The molecule has 2 rings (SSSR count). The molecule has 1 aliphatic rings. The predicted molar refractivity (Wildman–Crippen MR) is 65.1 cm³/mol. The van der Waals surface area contributed by atoms with Crippen molar-refractivity contribution in [3.8, 4) is 0 Å². The molecule has 2 nitrogen and oxygen atoms in total. The monoisotopic (exact) mass is 265 g/mol. The molecule has 1 aromatic rings. The van der Waals surface area contributed by atoms with Gasteiger partial charge in [-0.05, 0) is 12.1 Å². The number of morpholine rings is 1. The molecule has 2 heterocycles. The fourth-order valence-electron chi connectivity index (χ4n) is 1.67. The molecule has 1 aromatic heterocycles. The molecule has 0 amide bonds. The smallest absolute Gasteiger partial charge is 0.0931 e. The molecule has 1 atom stereocenters. The van der Waals surface area contributed by atoms with Crippen molar-refractivity contribution in [2.24, 2.45) is 0 Å². The topological polar surface area (TPSA) is 12.5 Å². The molecule has 1 saturated heterocycles. The second-order valence-corrected chi connectivity index (χ2v) is 5.70. The Labute approximate surface area is 104 Å². The first-order valence-corrected chi connectivity index (χ1v) is 6.65. The summed E-state index contributed by atoms with van der Waals surface area (Å²) in [6, 6.07) is 4.03. The van der Waals surface area contributed by atoms with Crippen LogP contribution in [0.4, 0.5) is 0 Å². The summed E-state index contributed by atoms with van der Waals surface area (Å²) in [5, 5.41) is 0. The van der Waals surface area contributed by atoms with Crippen LogP contribution in [0.25, 0.3) is 0 Å². The van der Waals surface area contributed by atoms with Crippen molar-refractivity contribution in [2.45, 2.75) is 12.6 Å². The Hall–Kier alpha value is 0.200. The van der Waals surface area contributed by atoms with Crippen LogP contribution < -0.4 is 0 Å². The van der Waals surface area contributed by atoms with E-state index >= 15 is 0 Å². The number of thiophene rings is 1. The lowest BCUT2D eigenvalue weighted by molar-refractivity contribution is -0.0190. The average Bonchev–Trinajstić information content (AvgIpc) is 2.64. The lowest BCUT2D eigenvalue weighted by Gasteiger charge is -2.31. The highest BCUT2D eigenvalue weighted by Crippen LogP contribution is 2.23. The Kier molecular flexibility index (Phi) is 4.29. The molecule has 15 heavy (non-hydrogen) atoms. The van der Waals surface area contributed by atoms with E-state index in [0.717, 1.165) is 30.6 Å². The van der Waals surface area contributed by atoms with E-state index in [2.05, 4.69) is 11.0 Å². The van der Waals surface area contributed by atoms with Crippen LogP contribution in [-0.4, -0.2) is 36.6 Å². The first-order chi connectivity index (χ1) is 7.28. The van der Waals surface area contributed by atoms with E-state index in [9.17, 15) is 0 Å². The molecule has 0 radical (unpaired) electrons. The molecule has 0 spiro atoms. The zero-order valence-electron chi connectivity index (χ0n) is 8.29.